The van der Waals surface area contributed by atoms with Crippen molar-refractivity contribution in [1.29, 1.82) is 0 Å². The summed E-state index contributed by atoms with van der Waals surface area (Å²) in [5.74, 6) is -1.21. The Hall–Kier alpha value is 0.126. The zero-order valence-electron chi connectivity index (χ0n) is 5.70. The van der Waals surface area contributed by atoms with E-state index in [1.54, 1.807) is 0 Å². The molecule has 5 heteroatoms. The molecule has 0 heterocycles. The summed E-state index contributed by atoms with van der Waals surface area (Å²) in [7, 11) is 1.28. The molecular weight excluding hydrogens is 242 g/mol. The number of rotatable bonds is 1. The van der Waals surface area contributed by atoms with Crippen LogP contribution < -0.4 is 4.74 Å². The van der Waals surface area contributed by atoms with E-state index < -0.39 is 11.6 Å². The molecule has 0 bridgehead atoms. The SMILES string of the molecule is COc1cc(F)c(Br)cc1F.[MgH2]. The van der Waals surface area contributed by atoms with Crippen LogP contribution in [0, 0.1) is 11.6 Å². The average Bonchev–Trinajstić information content (AvgIpc) is 1.97. The number of methoxy groups -OCH3 is 1. The molecular formula is C7H7BrF2MgO. The molecule has 0 amide bonds. The first-order chi connectivity index (χ1) is 5.15. The summed E-state index contributed by atoms with van der Waals surface area (Å²) >= 11 is 2.84. The van der Waals surface area contributed by atoms with Crippen molar-refractivity contribution in [2.75, 3.05) is 7.11 Å². The number of hydrogen-bond donors (Lipinski definition) is 0. The Morgan fingerprint density at radius 2 is 1.83 bits per heavy atom. The van der Waals surface area contributed by atoms with E-state index in [0.717, 1.165) is 12.1 Å². The second-order valence-corrected chi connectivity index (χ2v) is 2.76. The molecule has 0 fully saturated rings. The molecule has 0 radical (unpaired) electrons. The average molecular weight is 249 g/mol. The standard InChI is InChI=1S/C7H5BrF2O.Mg.2H/c1-11-7-3-5(9)4(8)2-6(7)10;;;/h2-3H,1H3;;;. The minimum Gasteiger partial charge on any atom is -0.494 e. The number of hydrogen-bond acceptors (Lipinski definition) is 1. The first kappa shape index (κ1) is 12.1. The third-order valence-electron chi connectivity index (χ3n) is 1.19. The van der Waals surface area contributed by atoms with Crippen LogP contribution >= 0.6 is 15.9 Å². The van der Waals surface area contributed by atoms with Crippen LogP contribution in [0.4, 0.5) is 8.78 Å². The quantitative estimate of drug-likeness (QED) is 0.545. The maximum atomic E-state index is 12.7. The maximum Gasteiger partial charge on any atom is 0.316 e. The van der Waals surface area contributed by atoms with Crippen molar-refractivity contribution in [2.24, 2.45) is 0 Å². The highest BCUT2D eigenvalue weighted by Gasteiger charge is 2.07. The predicted octanol–water partition coefficient (Wildman–Crippen LogP) is 1.82. The lowest BCUT2D eigenvalue weighted by atomic mass is 10.3. The smallest absolute Gasteiger partial charge is 0.316 e. The highest BCUT2D eigenvalue weighted by atomic mass is 79.9. The van der Waals surface area contributed by atoms with Gasteiger partial charge in [-0.2, -0.15) is 0 Å². The molecule has 0 spiro atoms. The summed E-state index contributed by atoms with van der Waals surface area (Å²) in [5.41, 5.74) is 0. The topological polar surface area (TPSA) is 9.23 Å². The Labute approximate surface area is 93.4 Å². The third kappa shape index (κ3) is 2.57. The van der Waals surface area contributed by atoms with E-state index in [1.807, 2.05) is 0 Å². The fraction of sp³-hybridized carbons (Fsp3) is 0.143. The van der Waals surface area contributed by atoms with Crippen LogP contribution in [-0.2, 0) is 0 Å². The first-order valence-corrected chi connectivity index (χ1v) is 3.63. The van der Waals surface area contributed by atoms with Crippen molar-refractivity contribution in [3.8, 4) is 5.75 Å². The molecule has 0 saturated carbocycles. The van der Waals surface area contributed by atoms with Gasteiger partial charge in [-0.15, -0.1) is 0 Å². The van der Waals surface area contributed by atoms with Gasteiger partial charge in [-0.3, -0.25) is 0 Å². The lowest BCUT2D eigenvalue weighted by Crippen LogP contribution is -1.89. The Balaban J connectivity index is 0.00000121. The number of benzene rings is 1. The summed E-state index contributed by atoms with van der Waals surface area (Å²) in [6, 6.07) is 2.01. The number of ether oxygens (including phenoxy) is 1. The van der Waals surface area contributed by atoms with Gasteiger partial charge in [0.05, 0.1) is 11.6 Å². The van der Waals surface area contributed by atoms with Gasteiger partial charge in [0.25, 0.3) is 0 Å². The van der Waals surface area contributed by atoms with Gasteiger partial charge in [-0.05, 0) is 22.0 Å². The zero-order valence-corrected chi connectivity index (χ0v) is 7.28. The largest absolute Gasteiger partial charge is 0.494 e. The summed E-state index contributed by atoms with van der Waals surface area (Å²) in [4.78, 5) is 0. The van der Waals surface area contributed by atoms with Crippen molar-refractivity contribution < 1.29 is 13.5 Å². The first-order valence-electron chi connectivity index (χ1n) is 2.83. The molecule has 0 aliphatic rings. The van der Waals surface area contributed by atoms with Gasteiger partial charge in [-0.25, -0.2) is 8.78 Å². The summed E-state index contributed by atoms with van der Waals surface area (Å²) in [5, 5.41) is 0. The van der Waals surface area contributed by atoms with Gasteiger partial charge in [0.15, 0.2) is 11.6 Å². The second-order valence-electron chi connectivity index (χ2n) is 1.90. The summed E-state index contributed by atoms with van der Waals surface area (Å²) < 4.78 is 30.0. The molecule has 0 atom stereocenters. The van der Waals surface area contributed by atoms with Crippen molar-refractivity contribution in [1.82, 2.24) is 0 Å². The fourth-order valence-electron chi connectivity index (χ4n) is 0.661. The van der Waals surface area contributed by atoms with Crippen LogP contribution in [0.3, 0.4) is 0 Å². The Morgan fingerprint density at radius 3 is 2.33 bits per heavy atom. The van der Waals surface area contributed by atoms with Gasteiger partial charge in [0, 0.05) is 6.07 Å². The van der Waals surface area contributed by atoms with Crippen LogP contribution in [0.2, 0.25) is 0 Å². The minimum atomic E-state index is -0.583. The van der Waals surface area contributed by atoms with Crippen LogP contribution in [0.25, 0.3) is 0 Å². The maximum absolute atomic E-state index is 12.7. The van der Waals surface area contributed by atoms with Gasteiger partial charge in [-0.1, -0.05) is 0 Å². The van der Waals surface area contributed by atoms with E-state index in [2.05, 4.69) is 20.7 Å². The molecule has 1 aromatic carbocycles. The Kier molecular flexibility index (Phi) is 5.04. The Morgan fingerprint density at radius 1 is 1.25 bits per heavy atom. The van der Waals surface area contributed by atoms with E-state index >= 15 is 0 Å². The van der Waals surface area contributed by atoms with Gasteiger partial charge in [0.1, 0.15) is 5.82 Å². The van der Waals surface area contributed by atoms with Crippen molar-refractivity contribution in [2.45, 2.75) is 0 Å². The Bertz CT molecular complexity index is 280. The minimum absolute atomic E-state index is 0. The van der Waals surface area contributed by atoms with Crippen LogP contribution in [0.5, 0.6) is 5.75 Å². The summed E-state index contributed by atoms with van der Waals surface area (Å²) in [6.07, 6.45) is 0. The van der Waals surface area contributed by atoms with E-state index in [1.165, 1.54) is 7.11 Å². The van der Waals surface area contributed by atoms with Gasteiger partial charge in [0.2, 0.25) is 0 Å². The van der Waals surface area contributed by atoms with E-state index in [0.29, 0.717) is 0 Å². The highest BCUT2D eigenvalue weighted by Crippen LogP contribution is 2.24. The fourth-order valence-corrected chi connectivity index (χ4v) is 0.976. The molecule has 0 saturated heterocycles. The lowest BCUT2D eigenvalue weighted by molar-refractivity contribution is 0.382. The lowest BCUT2D eigenvalue weighted by Gasteiger charge is -2.01. The van der Waals surface area contributed by atoms with Crippen LogP contribution in [0.1, 0.15) is 0 Å². The van der Waals surface area contributed by atoms with Crippen LogP contribution in [0.15, 0.2) is 16.6 Å². The molecule has 0 N–H and O–H groups in total. The summed E-state index contributed by atoms with van der Waals surface area (Å²) in [6.45, 7) is 0. The van der Waals surface area contributed by atoms with Crippen molar-refractivity contribution >= 4 is 39.0 Å². The molecule has 12 heavy (non-hydrogen) atoms. The molecule has 0 unspecified atom stereocenters. The van der Waals surface area contributed by atoms with Crippen molar-refractivity contribution in [3.05, 3.63) is 28.2 Å². The number of halogens is 3. The van der Waals surface area contributed by atoms with E-state index in [9.17, 15) is 8.78 Å². The molecule has 0 aromatic heterocycles. The van der Waals surface area contributed by atoms with Crippen molar-refractivity contribution in [3.63, 3.8) is 0 Å². The van der Waals surface area contributed by atoms with Gasteiger partial charge < -0.3 is 4.74 Å². The predicted molar refractivity (Wildman–Crippen MR) is 49.2 cm³/mol. The monoisotopic (exact) mass is 248 g/mol. The third-order valence-corrected chi connectivity index (χ3v) is 1.80. The normalized spacial score (nSPS) is 9.00. The molecule has 1 nitrogen and oxygen atoms in total. The van der Waals surface area contributed by atoms with E-state index in [-0.39, 0.29) is 33.3 Å². The highest BCUT2D eigenvalue weighted by molar-refractivity contribution is 9.10. The molecule has 0 aliphatic heterocycles. The van der Waals surface area contributed by atoms with Crippen LogP contribution in [-0.4, -0.2) is 30.2 Å². The zero-order chi connectivity index (χ0) is 8.43. The van der Waals surface area contributed by atoms with Gasteiger partial charge >= 0.3 is 23.1 Å². The van der Waals surface area contributed by atoms with E-state index in [4.69, 9.17) is 0 Å². The molecule has 0 aliphatic carbocycles. The molecule has 1 rings (SSSR count). The molecule has 1 aromatic rings. The molecule has 64 valence electrons. The second kappa shape index (κ2) is 4.99.